The zero-order valence-electron chi connectivity index (χ0n) is 14.1. The SMILES string of the molecule is Cc1nc(-c2nnn3c2COCC3c2ccc(C(F)(F)F)cc2)cc(=O)[nH]1. The number of nitrogens with one attached hydrogen (secondary N) is 1. The number of aromatic nitrogens is 5. The molecule has 1 aliphatic heterocycles. The van der Waals surface area contributed by atoms with Crippen LogP contribution < -0.4 is 5.56 Å². The van der Waals surface area contributed by atoms with Gasteiger partial charge in [-0.05, 0) is 24.6 Å². The van der Waals surface area contributed by atoms with Gasteiger partial charge in [-0.15, -0.1) is 5.10 Å². The predicted molar refractivity (Wildman–Crippen MR) is 87.8 cm³/mol. The lowest BCUT2D eigenvalue weighted by Crippen LogP contribution is -2.26. The van der Waals surface area contributed by atoms with E-state index in [2.05, 4.69) is 20.3 Å². The second kappa shape index (κ2) is 6.31. The molecule has 10 heteroatoms. The van der Waals surface area contributed by atoms with Gasteiger partial charge in [0.25, 0.3) is 5.56 Å². The molecule has 1 atom stereocenters. The molecule has 7 nitrogen and oxygen atoms in total. The third kappa shape index (κ3) is 3.23. The Morgan fingerprint density at radius 3 is 2.67 bits per heavy atom. The van der Waals surface area contributed by atoms with Gasteiger partial charge >= 0.3 is 6.18 Å². The molecule has 140 valence electrons. The van der Waals surface area contributed by atoms with Crippen molar-refractivity contribution < 1.29 is 17.9 Å². The number of aryl methyl sites for hydroxylation is 1. The summed E-state index contributed by atoms with van der Waals surface area (Å²) < 4.78 is 45.5. The van der Waals surface area contributed by atoms with Crippen LogP contribution in [0.3, 0.4) is 0 Å². The lowest BCUT2D eigenvalue weighted by atomic mass is 10.0. The Labute approximate surface area is 150 Å². The Kier molecular flexibility index (Phi) is 4.06. The van der Waals surface area contributed by atoms with Crippen LogP contribution in [0.2, 0.25) is 0 Å². The summed E-state index contributed by atoms with van der Waals surface area (Å²) in [5.41, 5.74) is 0.995. The number of halogens is 3. The molecule has 0 bridgehead atoms. The van der Waals surface area contributed by atoms with Crippen molar-refractivity contribution in [2.45, 2.75) is 25.7 Å². The Bertz CT molecular complexity index is 1040. The average Bonchev–Trinajstić information content (AvgIpc) is 3.04. The number of rotatable bonds is 2. The number of alkyl halides is 3. The van der Waals surface area contributed by atoms with Crippen molar-refractivity contribution in [2.24, 2.45) is 0 Å². The smallest absolute Gasteiger partial charge is 0.372 e. The van der Waals surface area contributed by atoms with Crippen LogP contribution in [-0.2, 0) is 17.5 Å². The van der Waals surface area contributed by atoms with Crippen molar-refractivity contribution in [3.05, 3.63) is 63.3 Å². The van der Waals surface area contributed by atoms with E-state index in [-0.39, 0.29) is 18.8 Å². The molecule has 1 N–H and O–H groups in total. The van der Waals surface area contributed by atoms with Crippen molar-refractivity contribution in [3.63, 3.8) is 0 Å². The Morgan fingerprint density at radius 1 is 1.26 bits per heavy atom. The number of hydrogen-bond acceptors (Lipinski definition) is 5. The monoisotopic (exact) mass is 377 g/mol. The summed E-state index contributed by atoms with van der Waals surface area (Å²) in [6.07, 6.45) is -4.39. The number of H-pyrrole nitrogens is 1. The highest BCUT2D eigenvalue weighted by molar-refractivity contribution is 5.56. The molecule has 4 rings (SSSR count). The first-order valence-electron chi connectivity index (χ1n) is 8.10. The van der Waals surface area contributed by atoms with E-state index in [9.17, 15) is 18.0 Å². The van der Waals surface area contributed by atoms with Gasteiger partial charge in [0.05, 0.1) is 24.5 Å². The molecule has 0 aliphatic carbocycles. The highest BCUT2D eigenvalue weighted by atomic mass is 19.4. The highest BCUT2D eigenvalue weighted by Crippen LogP contribution is 2.33. The quantitative estimate of drug-likeness (QED) is 0.742. The largest absolute Gasteiger partial charge is 0.416 e. The highest BCUT2D eigenvalue weighted by Gasteiger charge is 2.32. The molecule has 3 aromatic rings. The van der Waals surface area contributed by atoms with Gasteiger partial charge in [-0.3, -0.25) is 4.79 Å². The summed E-state index contributed by atoms with van der Waals surface area (Å²) in [4.78, 5) is 18.5. The van der Waals surface area contributed by atoms with E-state index in [0.717, 1.165) is 12.1 Å². The number of nitrogens with zero attached hydrogens (tertiary/aromatic N) is 4. The number of fused-ring (bicyclic) bond motifs is 1. The number of hydrogen-bond donors (Lipinski definition) is 1. The summed E-state index contributed by atoms with van der Waals surface area (Å²) in [5, 5.41) is 8.25. The van der Waals surface area contributed by atoms with E-state index in [0.29, 0.717) is 28.5 Å². The fraction of sp³-hybridized carbons (Fsp3) is 0.294. The van der Waals surface area contributed by atoms with Gasteiger partial charge in [-0.2, -0.15) is 13.2 Å². The average molecular weight is 377 g/mol. The molecule has 1 aliphatic rings. The normalized spacial score (nSPS) is 17.0. The van der Waals surface area contributed by atoms with Gasteiger partial charge in [-0.1, -0.05) is 17.3 Å². The molecule has 2 aromatic heterocycles. The zero-order chi connectivity index (χ0) is 19.2. The van der Waals surface area contributed by atoms with E-state index in [4.69, 9.17) is 4.74 Å². The van der Waals surface area contributed by atoms with Crippen molar-refractivity contribution in [3.8, 4) is 11.4 Å². The molecule has 0 amide bonds. The third-order valence-electron chi connectivity index (χ3n) is 4.33. The van der Waals surface area contributed by atoms with Crippen LogP contribution in [0.25, 0.3) is 11.4 Å². The van der Waals surface area contributed by atoms with Gasteiger partial charge in [0.1, 0.15) is 23.3 Å². The molecule has 0 spiro atoms. The van der Waals surface area contributed by atoms with Crippen molar-refractivity contribution in [1.82, 2.24) is 25.0 Å². The second-order valence-corrected chi connectivity index (χ2v) is 6.20. The van der Waals surface area contributed by atoms with Crippen LogP contribution >= 0.6 is 0 Å². The molecule has 1 unspecified atom stereocenters. The minimum atomic E-state index is -4.39. The van der Waals surface area contributed by atoms with Gasteiger partial charge in [0, 0.05) is 6.07 Å². The van der Waals surface area contributed by atoms with Gasteiger partial charge in [-0.25, -0.2) is 9.67 Å². The minimum absolute atomic E-state index is 0.215. The topological polar surface area (TPSA) is 85.7 Å². The molecular formula is C17H14F3N5O2. The summed E-state index contributed by atoms with van der Waals surface area (Å²) in [6, 6.07) is 5.78. The summed E-state index contributed by atoms with van der Waals surface area (Å²) in [7, 11) is 0. The van der Waals surface area contributed by atoms with Crippen LogP contribution in [0.15, 0.2) is 35.1 Å². The first-order valence-corrected chi connectivity index (χ1v) is 8.10. The fourth-order valence-corrected chi connectivity index (χ4v) is 3.07. The van der Waals surface area contributed by atoms with E-state index >= 15 is 0 Å². The molecule has 3 heterocycles. The summed E-state index contributed by atoms with van der Waals surface area (Å²) in [6.45, 7) is 2.12. The predicted octanol–water partition coefficient (Wildman–Crippen LogP) is 2.48. The zero-order valence-corrected chi connectivity index (χ0v) is 14.1. The molecule has 0 fully saturated rings. The molecule has 1 aromatic carbocycles. The maximum atomic E-state index is 12.8. The Balaban J connectivity index is 1.73. The van der Waals surface area contributed by atoms with Crippen LogP contribution in [0.5, 0.6) is 0 Å². The molecule has 27 heavy (non-hydrogen) atoms. The van der Waals surface area contributed by atoms with Crippen molar-refractivity contribution in [2.75, 3.05) is 6.61 Å². The minimum Gasteiger partial charge on any atom is -0.372 e. The maximum Gasteiger partial charge on any atom is 0.416 e. The Hall–Kier alpha value is -3.01. The van der Waals surface area contributed by atoms with Crippen molar-refractivity contribution in [1.29, 1.82) is 0 Å². The van der Waals surface area contributed by atoms with Crippen LogP contribution in [-0.4, -0.2) is 31.6 Å². The lowest BCUT2D eigenvalue weighted by Gasteiger charge is -2.25. The molecule has 0 saturated heterocycles. The number of aromatic amines is 1. The van der Waals surface area contributed by atoms with Gasteiger partial charge in [0.15, 0.2) is 0 Å². The van der Waals surface area contributed by atoms with E-state index < -0.39 is 17.8 Å². The summed E-state index contributed by atoms with van der Waals surface area (Å²) >= 11 is 0. The number of ether oxygens (including phenoxy) is 1. The summed E-state index contributed by atoms with van der Waals surface area (Å²) in [5.74, 6) is 0.440. The van der Waals surface area contributed by atoms with E-state index in [1.165, 1.54) is 18.2 Å². The fourth-order valence-electron chi connectivity index (χ4n) is 3.07. The van der Waals surface area contributed by atoms with Crippen LogP contribution in [0, 0.1) is 6.92 Å². The van der Waals surface area contributed by atoms with E-state index in [1.54, 1.807) is 11.6 Å². The molecule has 0 radical (unpaired) electrons. The molecule has 0 saturated carbocycles. The first kappa shape index (κ1) is 17.4. The third-order valence-corrected chi connectivity index (χ3v) is 4.33. The van der Waals surface area contributed by atoms with Crippen LogP contribution in [0.4, 0.5) is 13.2 Å². The van der Waals surface area contributed by atoms with Gasteiger partial charge < -0.3 is 9.72 Å². The lowest BCUT2D eigenvalue weighted by molar-refractivity contribution is -0.137. The van der Waals surface area contributed by atoms with Gasteiger partial charge in [0.2, 0.25) is 0 Å². The standard InChI is InChI=1S/C17H14F3N5O2/c1-9-21-12(6-15(26)22-9)16-14-8-27-7-13(25(14)24-23-16)10-2-4-11(5-3-10)17(18,19)20/h2-6,13H,7-8H2,1H3,(H,21,22,26). The van der Waals surface area contributed by atoms with Crippen molar-refractivity contribution >= 4 is 0 Å². The molecular weight excluding hydrogens is 363 g/mol. The van der Waals surface area contributed by atoms with E-state index in [1.807, 2.05) is 0 Å². The van der Waals surface area contributed by atoms with Crippen LogP contribution in [0.1, 0.15) is 28.7 Å². The number of benzene rings is 1. The maximum absolute atomic E-state index is 12.8. The second-order valence-electron chi connectivity index (χ2n) is 6.20. The first-order chi connectivity index (χ1) is 12.8. The Morgan fingerprint density at radius 2 is 2.00 bits per heavy atom.